The summed E-state index contributed by atoms with van der Waals surface area (Å²) in [5, 5.41) is 17.6. The molecule has 8 N–H and O–H groups in total. The number of hydrogen-bond donors (Lipinski definition) is 6. The number of hydrogen-bond acceptors (Lipinski definition) is 8. The Morgan fingerprint density at radius 3 is 2.14 bits per heavy atom. The first-order chi connectivity index (χ1) is 21.0. The fourth-order valence-electron chi connectivity index (χ4n) is 4.64. The number of carbonyl (C=O) groups excluding carboxylic acids is 5. The van der Waals surface area contributed by atoms with Gasteiger partial charge in [-0.15, -0.1) is 0 Å². The number of carbonyl (C=O) groups is 6. The highest BCUT2D eigenvalue weighted by molar-refractivity contribution is 7.98. The van der Waals surface area contributed by atoms with E-state index in [1.807, 2.05) is 6.26 Å². The van der Waals surface area contributed by atoms with Crippen molar-refractivity contribution in [2.24, 2.45) is 11.5 Å². The van der Waals surface area contributed by atoms with Crippen molar-refractivity contribution in [2.45, 2.75) is 49.9 Å². The van der Waals surface area contributed by atoms with Crippen LogP contribution in [0.25, 0.3) is 10.9 Å². The van der Waals surface area contributed by atoms with Crippen LogP contribution in [-0.2, 0) is 41.6 Å². The topological polar surface area (TPSA) is 216 Å². The Bertz CT molecular complexity index is 1500. The standard InChI is InChI=1S/C30H36N6O7S/c1-44-12-11-22(33-28(41)21(31)14-19-16-36(17-37)25-10-6-5-9-20(19)25)29(42)35-24(15-26(38)39)30(43)34-23(27(32)40)13-18-7-3-2-4-8-18/h2-10,16-17,21-24H,11-15,31H2,1H3,(H2,32,40)(H,33,41)(H,34,43)(H,35,42)(H,38,39)/t21-,22-,23-,24-/m0/s1. The molecule has 0 saturated heterocycles. The van der Waals surface area contributed by atoms with Crippen LogP contribution in [0.4, 0.5) is 0 Å². The predicted octanol–water partition coefficient (Wildman–Crippen LogP) is -0.0404. The van der Waals surface area contributed by atoms with E-state index in [2.05, 4.69) is 16.0 Å². The van der Waals surface area contributed by atoms with Crippen molar-refractivity contribution in [2.75, 3.05) is 12.0 Å². The SMILES string of the molecule is CSCC[C@H](NC(=O)[C@@H](N)Cc1cn(C=O)c2ccccc12)C(=O)N[C@@H](CC(=O)O)C(=O)N[C@@H](Cc1ccccc1)C(N)=O. The minimum atomic E-state index is -1.56. The lowest BCUT2D eigenvalue weighted by molar-refractivity contribution is -0.141. The van der Waals surface area contributed by atoms with Crippen molar-refractivity contribution >= 4 is 58.7 Å². The van der Waals surface area contributed by atoms with Gasteiger partial charge < -0.3 is 32.5 Å². The second kappa shape index (κ2) is 16.2. The third-order valence-corrected chi connectivity index (χ3v) is 7.56. The van der Waals surface area contributed by atoms with E-state index >= 15 is 0 Å². The van der Waals surface area contributed by atoms with E-state index in [1.165, 1.54) is 16.3 Å². The predicted molar refractivity (Wildman–Crippen MR) is 166 cm³/mol. The molecule has 3 rings (SSSR count). The number of benzene rings is 2. The highest BCUT2D eigenvalue weighted by Gasteiger charge is 2.31. The molecule has 13 nitrogen and oxygen atoms in total. The fourth-order valence-corrected chi connectivity index (χ4v) is 5.11. The summed E-state index contributed by atoms with van der Waals surface area (Å²) in [5.74, 6) is -4.11. The molecule has 0 aliphatic rings. The summed E-state index contributed by atoms with van der Waals surface area (Å²) in [6, 6.07) is 11.0. The molecule has 0 aliphatic heterocycles. The molecular formula is C30H36N6O7S. The van der Waals surface area contributed by atoms with Crippen LogP contribution >= 0.6 is 11.8 Å². The Balaban J connectivity index is 1.72. The van der Waals surface area contributed by atoms with Crippen LogP contribution in [0.2, 0.25) is 0 Å². The van der Waals surface area contributed by atoms with Gasteiger partial charge in [0.05, 0.1) is 18.0 Å². The van der Waals surface area contributed by atoms with Crippen LogP contribution in [-0.4, -0.2) is 81.9 Å². The van der Waals surface area contributed by atoms with Crippen molar-refractivity contribution < 1.29 is 33.9 Å². The van der Waals surface area contributed by atoms with Crippen LogP contribution in [0.15, 0.2) is 60.8 Å². The van der Waals surface area contributed by atoms with E-state index in [0.29, 0.717) is 28.8 Å². The van der Waals surface area contributed by atoms with Crippen LogP contribution in [0.3, 0.4) is 0 Å². The smallest absolute Gasteiger partial charge is 0.305 e. The normalized spacial score (nSPS) is 13.7. The zero-order valence-corrected chi connectivity index (χ0v) is 24.9. The third-order valence-electron chi connectivity index (χ3n) is 6.91. The molecule has 4 atom stereocenters. The molecule has 0 aliphatic carbocycles. The second-order valence-corrected chi connectivity index (χ2v) is 11.1. The number of nitrogens with two attached hydrogens (primary N) is 2. The molecule has 0 unspecified atom stereocenters. The lowest BCUT2D eigenvalue weighted by atomic mass is 10.0. The Morgan fingerprint density at radius 1 is 0.886 bits per heavy atom. The minimum absolute atomic E-state index is 0.0610. The number of carboxylic acid groups (broad SMARTS) is 1. The number of thioether (sulfide) groups is 1. The van der Waals surface area contributed by atoms with Crippen LogP contribution < -0.4 is 27.4 Å². The largest absolute Gasteiger partial charge is 0.481 e. The molecule has 234 valence electrons. The molecule has 14 heteroatoms. The average molecular weight is 625 g/mol. The Labute approximate surface area is 258 Å². The van der Waals surface area contributed by atoms with E-state index in [4.69, 9.17) is 11.5 Å². The maximum absolute atomic E-state index is 13.3. The molecule has 0 spiro atoms. The fraction of sp³-hybridized carbons (Fsp3) is 0.333. The van der Waals surface area contributed by atoms with Gasteiger partial charge in [-0.25, -0.2) is 0 Å². The first-order valence-corrected chi connectivity index (χ1v) is 15.2. The molecule has 3 aromatic rings. The van der Waals surface area contributed by atoms with Crippen molar-refractivity contribution in [3.63, 3.8) is 0 Å². The zero-order valence-electron chi connectivity index (χ0n) is 24.1. The van der Waals surface area contributed by atoms with Crippen LogP contribution in [0.5, 0.6) is 0 Å². The van der Waals surface area contributed by atoms with Crippen LogP contribution in [0.1, 0.15) is 24.0 Å². The summed E-state index contributed by atoms with van der Waals surface area (Å²) in [6.07, 6.45) is 3.57. The van der Waals surface area contributed by atoms with Crippen molar-refractivity contribution in [3.8, 4) is 0 Å². The summed E-state index contributed by atoms with van der Waals surface area (Å²) >= 11 is 1.42. The van der Waals surface area contributed by atoms with Crippen molar-refractivity contribution in [3.05, 3.63) is 71.9 Å². The zero-order chi connectivity index (χ0) is 32.2. The molecule has 4 amide bonds. The van der Waals surface area contributed by atoms with E-state index < -0.39 is 60.2 Å². The van der Waals surface area contributed by atoms with E-state index in [1.54, 1.807) is 60.8 Å². The molecule has 1 aromatic heterocycles. The number of para-hydroxylation sites is 1. The van der Waals surface area contributed by atoms with E-state index in [-0.39, 0.29) is 19.3 Å². The molecule has 1 heterocycles. The summed E-state index contributed by atoms with van der Waals surface area (Å²) in [6.45, 7) is 0. The highest BCUT2D eigenvalue weighted by Crippen LogP contribution is 2.21. The van der Waals surface area contributed by atoms with Crippen molar-refractivity contribution in [1.82, 2.24) is 20.5 Å². The summed E-state index contributed by atoms with van der Waals surface area (Å²) < 4.78 is 1.39. The summed E-state index contributed by atoms with van der Waals surface area (Å²) in [7, 11) is 0. The second-order valence-electron chi connectivity index (χ2n) is 10.1. The van der Waals surface area contributed by atoms with Gasteiger partial charge in [0, 0.05) is 18.0 Å². The van der Waals surface area contributed by atoms with Gasteiger partial charge in [0.15, 0.2) is 0 Å². The van der Waals surface area contributed by atoms with Gasteiger partial charge in [-0.3, -0.25) is 33.3 Å². The van der Waals surface area contributed by atoms with Gasteiger partial charge in [0.2, 0.25) is 30.0 Å². The molecule has 0 radical (unpaired) electrons. The number of carboxylic acids is 1. The molecule has 2 aromatic carbocycles. The van der Waals surface area contributed by atoms with Crippen molar-refractivity contribution in [1.29, 1.82) is 0 Å². The maximum atomic E-state index is 13.3. The number of fused-ring (bicyclic) bond motifs is 1. The van der Waals surface area contributed by atoms with Gasteiger partial charge in [-0.2, -0.15) is 11.8 Å². The quantitative estimate of drug-likeness (QED) is 0.111. The number of aliphatic carboxylic acids is 1. The molecule has 0 fully saturated rings. The number of primary amides is 1. The first kappa shape index (κ1) is 33.8. The van der Waals surface area contributed by atoms with E-state index in [9.17, 15) is 33.9 Å². The molecule has 44 heavy (non-hydrogen) atoms. The minimum Gasteiger partial charge on any atom is -0.481 e. The van der Waals surface area contributed by atoms with Crippen LogP contribution in [0, 0.1) is 0 Å². The Morgan fingerprint density at radius 2 is 1.50 bits per heavy atom. The average Bonchev–Trinajstić information content (AvgIpc) is 3.35. The third kappa shape index (κ3) is 9.41. The number of aromatic nitrogens is 1. The van der Waals surface area contributed by atoms with Gasteiger partial charge in [0.25, 0.3) is 0 Å². The Hall–Kier alpha value is -4.69. The number of nitrogens with zero attached hydrogens (tertiary/aromatic N) is 1. The highest BCUT2D eigenvalue weighted by atomic mass is 32.2. The maximum Gasteiger partial charge on any atom is 0.305 e. The molecule has 0 saturated carbocycles. The van der Waals surface area contributed by atoms with Gasteiger partial charge in [-0.05, 0) is 42.0 Å². The summed E-state index contributed by atoms with van der Waals surface area (Å²) in [5.41, 5.74) is 13.7. The van der Waals surface area contributed by atoms with Gasteiger partial charge >= 0.3 is 5.97 Å². The van der Waals surface area contributed by atoms with Gasteiger partial charge in [0.1, 0.15) is 18.1 Å². The number of amides is 4. The molecule has 0 bridgehead atoms. The lowest BCUT2D eigenvalue weighted by Gasteiger charge is -2.25. The Kier molecular flexibility index (Phi) is 12.5. The lowest BCUT2D eigenvalue weighted by Crippen LogP contribution is -2.58. The molecular weight excluding hydrogens is 588 g/mol. The van der Waals surface area contributed by atoms with Gasteiger partial charge in [-0.1, -0.05) is 48.5 Å². The number of nitrogens with one attached hydrogen (secondary N) is 3. The number of rotatable bonds is 17. The summed E-state index contributed by atoms with van der Waals surface area (Å²) in [4.78, 5) is 74.6. The van der Waals surface area contributed by atoms with E-state index in [0.717, 1.165) is 5.39 Å². The first-order valence-electron chi connectivity index (χ1n) is 13.8. The monoisotopic (exact) mass is 624 g/mol.